The van der Waals surface area contributed by atoms with Crippen molar-refractivity contribution in [3.05, 3.63) is 124 Å². The molecule has 0 aliphatic carbocycles. The van der Waals surface area contributed by atoms with Crippen molar-refractivity contribution in [1.82, 2.24) is 0 Å². The molecular weight excluding hydrogens is 531 g/mol. The number of para-hydroxylation sites is 1. The van der Waals surface area contributed by atoms with Crippen LogP contribution in [0.25, 0.3) is 0 Å². The molecule has 0 saturated carbocycles. The van der Waals surface area contributed by atoms with Gasteiger partial charge < -0.3 is 5.32 Å². The van der Waals surface area contributed by atoms with Gasteiger partial charge in [-0.15, -0.1) is 0 Å². The summed E-state index contributed by atoms with van der Waals surface area (Å²) in [5, 5.41) is 9.72. The van der Waals surface area contributed by atoms with Gasteiger partial charge in [0.15, 0.2) is 5.84 Å². The molecule has 8 heteroatoms. The number of amidine groups is 1. The van der Waals surface area contributed by atoms with Gasteiger partial charge in [-0.05, 0) is 48.5 Å². The summed E-state index contributed by atoms with van der Waals surface area (Å²) in [5.74, 6) is -0.300. The van der Waals surface area contributed by atoms with Gasteiger partial charge in [-0.2, -0.15) is 5.10 Å². The lowest BCUT2D eigenvalue weighted by molar-refractivity contribution is -0.120. The number of nitrogens with zero attached hydrogens (tertiary/aromatic N) is 3. The van der Waals surface area contributed by atoms with E-state index in [1.807, 2.05) is 83.8 Å². The van der Waals surface area contributed by atoms with Crippen LogP contribution in [-0.2, 0) is 10.5 Å². The average molecular weight is 548 g/mol. The highest BCUT2D eigenvalue weighted by atomic mass is 79.9. The van der Waals surface area contributed by atoms with Crippen molar-refractivity contribution in [3.8, 4) is 0 Å². The lowest BCUT2D eigenvalue weighted by atomic mass is 9.95. The Morgan fingerprint density at radius 3 is 2.31 bits per heavy atom. The normalized spacial score (nSPS) is 18.6. The predicted octanol–water partition coefficient (Wildman–Crippen LogP) is 6.74. The van der Waals surface area contributed by atoms with Crippen molar-refractivity contribution < 1.29 is 9.18 Å². The van der Waals surface area contributed by atoms with Crippen molar-refractivity contribution in [2.45, 2.75) is 5.66 Å². The smallest absolute Gasteiger partial charge is 0.278 e. The maximum absolute atomic E-state index is 14.2. The zero-order chi connectivity index (χ0) is 24.2. The summed E-state index contributed by atoms with van der Waals surface area (Å²) in [6.07, 6.45) is 0. The van der Waals surface area contributed by atoms with Gasteiger partial charge in [0, 0.05) is 27.0 Å². The maximum atomic E-state index is 14.2. The first kappa shape index (κ1) is 21.8. The Bertz CT molecular complexity index is 1500. The van der Waals surface area contributed by atoms with Crippen LogP contribution in [0.3, 0.4) is 0 Å². The van der Waals surface area contributed by atoms with Gasteiger partial charge in [0.2, 0.25) is 5.66 Å². The summed E-state index contributed by atoms with van der Waals surface area (Å²) < 4.78 is 15.0. The Morgan fingerprint density at radius 1 is 0.886 bits per heavy atom. The first-order valence-corrected chi connectivity index (χ1v) is 12.0. The van der Waals surface area contributed by atoms with E-state index < -0.39 is 11.5 Å². The second-order valence-electron chi connectivity index (χ2n) is 8.19. The van der Waals surface area contributed by atoms with Gasteiger partial charge in [-0.25, -0.2) is 9.40 Å². The number of halogens is 3. The Kier molecular flexibility index (Phi) is 5.12. The van der Waals surface area contributed by atoms with Crippen LogP contribution >= 0.6 is 27.5 Å². The average Bonchev–Trinajstić information content (AvgIpc) is 3.38. The van der Waals surface area contributed by atoms with Crippen LogP contribution in [0.5, 0.6) is 0 Å². The van der Waals surface area contributed by atoms with E-state index in [1.165, 1.54) is 12.1 Å². The van der Waals surface area contributed by atoms with E-state index in [9.17, 15) is 9.18 Å². The second kappa shape index (κ2) is 8.22. The van der Waals surface area contributed by atoms with E-state index in [4.69, 9.17) is 16.7 Å². The fourth-order valence-electron chi connectivity index (χ4n) is 4.66. The van der Waals surface area contributed by atoms with Crippen molar-refractivity contribution in [2.24, 2.45) is 5.10 Å². The van der Waals surface area contributed by atoms with Crippen LogP contribution in [0.4, 0.5) is 21.5 Å². The third kappa shape index (κ3) is 3.26. The summed E-state index contributed by atoms with van der Waals surface area (Å²) in [4.78, 5) is 15.9. The monoisotopic (exact) mass is 546 g/mol. The molecule has 35 heavy (non-hydrogen) atoms. The van der Waals surface area contributed by atoms with E-state index in [-0.39, 0.29) is 10.9 Å². The number of carbonyl (C=O) groups excluding carboxylic acids is 1. The van der Waals surface area contributed by atoms with Crippen molar-refractivity contribution in [2.75, 3.05) is 15.2 Å². The first-order valence-electron chi connectivity index (χ1n) is 10.9. The molecule has 1 amide bonds. The number of hydrogen-bond acceptors (Lipinski definition) is 4. The number of hydrazone groups is 1. The zero-order valence-corrected chi connectivity index (χ0v) is 20.5. The number of rotatable bonds is 3. The van der Waals surface area contributed by atoms with E-state index in [1.54, 1.807) is 11.1 Å². The van der Waals surface area contributed by atoms with Crippen LogP contribution in [0.2, 0.25) is 5.02 Å². The minimum Gasteiger partial charge on any atom is -0.322 e. The van der Waals surface area contributed by atoms with E-state index in [0.717, 1.165) is 15.7 Å². The number of anilines is 3. The fraction of sp³-hybridized carbons (Fsp3) is 0.0370. The fourth-order valence-corrected chi connectivity index (χ4v) is 5.19. The highest BCUT2D eigenvalue weighted by Crippen LogP contribution is 2.51. The minimum absolute atomic E-state index is 0.0453. The lowest BCUT2D eigenvalue weighted by Gasteiger charge is -2.40. The molecule has 6 rings (SSSR count). The van der Waals surface area contributed by atoms with Gasteiger partial charge in [-0.3, -0.25) is 9.69 Å². The minimum atomic E-state index is -1.42. The quantitative estimate of drug-likeness (QED) is 0.309. The molecule has 4 aromatic carbocycles. The number of hydrogen-bond donors (Lipinski definition) is 1. The van der Waals surface area contributed by atoms with Crippen molar-refractivity contribution >= 4 is 56.3 Å². The van der Waals surface area contributed by atoms with Crippen LogP contribution in [0, 0.1) is 5.82 Å². The number of benzene rings is 4. The van der Waals surface area contributed by atoms with Crippen LogP contribution in [0.15, 0.2) is 107 Å². The standard InChI is InChI=1S/C27H17BrClFN4O/c28-18-11-14-24-21(15-18)27(26(35)31-24)33(20-12-13-23(30)22(29)16-20)25(17-7-3-1-4-8-17)32-34(27)19-9-5-2-6-10-19/h1-16H,(H,31,35). The molecule has 2 aliphatic heterocycles. The highest BCUT2D eigenvalue weighted by molar-refractivity contribution is 9.10. The van der Waals surface area contributed by atoms with Crippen LogP contribution < -0.4 is 15.2 Å². The molecule has 0 radical (unpaired) electrons. The van der Waals surface area contributed by atoms with Gasteiger partial charge in [0.1, 0.15) is 5.82 Å². The van der Waals surface area contributed by atoms with Crippen molar-refractivity contribution in [3.63, 3.8) is 0 Å². The molecule has 1 spiro atoms. The van der Waals surface area contributed by atoms with Gasteiger partial charge in [0.25, 0.3) is 5.91 Å². The molecule has 2 heterocycles. The maximum Gasteiger partial charge on any atom is 0.278 e. The Labute approximate surface area is 214 Å². The van der Waals surface area contributed by atoms with E-state index in [0.29, 0.717) is 22.8 Å². The highest BCUT2D eigenvalue weighted by Gasteiger charge is 2.61. The van der Waals surface area contributed by atoms with Crippen molar-refractivity contribution in [1.29, 1.82) is 0 Å². The summed E-state index contributed by atoms with van der Waals surface area (Å²) in [7, 11) is 0. The number of carbonyl (C=O) groups is 1. The van der Waals surface area contributed by atoms with Crippen LogP contribution in [0.1, 0.15) is 11.1 Å². The third-order valence-electron chi connectivity index (χ3n) is 6.15. The molecule has 5 nitrogen and oxygen atoms in total. The zero-order valence-electron chi connectivity index (χ0n) is 18.1. The molecule has 1 atom stereocenters. The van der Waals surface area contributed by atoms with E-state index >= 15 is 0 Å². The Morgan fingerprint density at radius 2 is 1.60 bits per heavy atom. The molecule has 0 saturated heterocycles. The molecule has 172 valence electrons. The Balaban J connectivity index is 1.71. The summed E-state index contributed by atoms with van der Waals surface area (Å²) in [6, 6.07) is 29.1. The molecule has 4 aromatic rings. The molecule has 0 fully saturated rings. The number of nitrogens with one attached hydrogen (secondary N) is 1. The summed E-state index contributed by atoms with van der Waals surface area (Å²) in [6.45, 7) is 0. The van der Waals surface area contributed by atoms with Gasteiger partial charge >= 0.3 is 0 Å². The molecular formula is C27H17BrClFN4O. The van der Waals surface area contributed by atoms with Gasteiger partial charge in [0.05, 0.1) is 10.7 Å². The SMILES string of the molecule is O=C1Nc2ccc(Br)cc2C12N(c1ccccc1)N=C(c1ccccc1)N2c1ccc(F)c(Cl)c1. The summed E-state index contributed by atoms with van der Waals surface area (Å²) in [5.41, 5.74) is 1.99. The number of fused-ring (bicyclic) bond motifs is 2. The molecule has 0 bridgehead atoms. The summed E-state index contributed by atoms with van der Waals surface area (Å²) >= 11 is 9.80. The third-order valence-corrected chi connectivity index (χ3v) is 6.94. The largest absolute Gasteiger partial charge is 0.322 e. The van der Waals surface area contributed by atoms with Gasteiger partial charge in [-0.1, -0.05) is 76.1 Å². The Hall–Kier alpha value is -3.68. The molecule has 1 unspecified atom stereocenters. The molecule has 2 aliphatic rings. The topological polar surface area (TPSA) is 47.9 Å². The first-order chi connectivity index (χ1) is 17.0. The molecule has 1 N–H and O–H groups in total. The molecule has 0 aromatic heterocycles. The lowest BCUT2D eigenvalue weighted by Crippen LogP contribution is -2.58. The number of amides is 1. The van der Waals surface area contributed by atoms with Crippen LogP contribution in [-0.4, -0.2) is 11.7 Å². The van der Waals surface area contributed by atoms with E-state index in [2.05, 4.69) is 21.2 Å². The predicted molar refractivity (Wildman–Crippen MR) is 140 cm³/mol. The second-order valence-corrected chi connectivity index (χ2v) is 9.51.